The standard InChI is InChI=1S/C10H15N5S/c1-7(2)9-13-10(16-14-9)11-6-8-4-5-12-15(8)3/h4-5,7H,6H2,1-3H3,(H,11,13,14). The van der Waals surface area contributed by atoms with Crippen LogP contribution in [-0.2, 0) is 13.6 Å². The number of rotatable bonds is 4. The molecule has 6 heteroatoms. The average Bonchev–Trinajstić information content (AvgIpc) is 2.83. The average molecular weight is 237 g/mol. The number of hydrogen-bond donors (Lipinski definition) is 1. The molecule has 0 aliphatic rings. The Labute approximate surface area is 98.7 Å². The first-order chi connectivity index (χ1) is 7.66. The summed E-state index contributed by atoms with van der Waals surface area (Å²) in [5.74, 6) is 1.28. The van der Waals surface area contributed by atoms with Crippen LogP contribution in [-0.4, -0.2) is 19.1 Å². The van der Waals surface area contributed by atoms with Crippen molar-refractivity contribution < 1.29 is 0 Å². The minimum Gasteiger partial charge on any atom is -0.355 e. The van der Waals surface area contributed by atoms with E-state index < -0.39 is 0 Å². The van der Waals surface area contributed by atoms with Gasteiger partial charge in [-0.05, 0) is 6.07 Å². The molecule has 0 radical (unpaired) electrons. The molecule has 2 aromatic rings. The van der Waals surface area contributed by atoms with Gasteiger partial charge in [-0.15, -0.1) is 0 Å². The molecule has 2 aromatic heterocycles. The van der Waals surface area contributed by atoms with Gasteiger partial charge in [0, 0.05) is 30.7 Å². The lowest BCUT2D eigenvalue weighted by Crippen LogP contribution is -2.05. The highest BCUT2D eigenvalue weighted by Crippen LogP contribution is 2.17. The minimum absolute atomic E-state index is 0.378. The van der Waals surface area contributed by atoms with Crippen molar-refractivity contribution in [2.45, 2.75) is 26.3 Å². The molecule has 5 nitrogen and oxygen atoms in total. The zero-order chi connectivity index (χ0) is 11.5. The summed E-state index contributed by atoms with van der Waals surface area (Å²) >= 11 is 1.40. The van der Waals surface area contributed by atoms with E-state index in [9.17, 15) is 0 Å². The molecule has 0 fully saturated rings. The summed E-state index contributed by atoms with van der Waals surface area (Å²) in [6, 6.07) is 1.98. The maximum absolute atomic E-state index is 4.41. The Hall–Kier alpha value is -1.43. The normalized spacial score (nSPS) is 11.0. The second-order valence-electron chi connectivity index (χ2n) is 3.91. The molecular weight excluding hydrogens is 222 g/mol. The van der Waals surface area contributed by atoms with Crippen LogP contribution in [0.3, 0.4) is 0 Å². The van der Waals surface area contributed by atoms with E-state index in [2.05, 4.69) is 33.6 Å². The molecule has 2 heterocycles. The van der Waals surface area contributed by atoms with Gasteiger partial charge in [-0.2, -0.15) is 9.47 Å². The smallest absolute Gasteiger partial charge is 0.202 e. The highest BCUT2D eigenvalue weighted by atomic mass is 32.1. The predicted molar refractivity (Wildman–Crippen MR) is 64.5 cm³/mol. The summed E-state index contributed by atoms with van der Waals surface area (Å²) < 4.78 is 6.13. The van der Waals surface area contributed by atoms with Crippen LogP contribution in [0.5, 0.6) is 0 Å². The van der Waals surface area contributed by atoms with Gasteiger partial charge >= 0.3 is 0 Å². The molecule has 0 aliphatic carbocycles. The molecule has 2 rings (SSSR count). The van der Waals surface area contributed by atoms with Crippen LogP contribution in [0.25, 0.3) is 0 Å². The van der Waals surface area contributed by atoms with Crippen LogP contribution in [0.1, 0.15) is 31.3 Å². The van der Waals surface area contributed by atoms with Crippen molar-refractivity contribution in [1.29, 1.82) is 0 Å². The fourth-order valence-corrected chi connectivity index (χ4v) is 1.98. The van der Waals surface area contributed by atoms with Crippen molar-refractivity contribution in [1.82, 2.24) is 19.1 Å². The van der Waals surface area contributed by atoms with E-state index >= 15 is 0 Å². The summed E-state index contributed by atoms with van der Waals surface area (Å²) in [7, 11) is 1.93. The molecule has 0 unspecified atom stereocenters. The van der Waals surface area contributed by atoms with E-state index in [1.165, 1.54) is 11.5 Å². The van der Waals surface area contributed by atoms with Gasteiger partial charge in [0.15, 0.2) is 0 Å². The quantitative estimate of drug-likeness (QED) is 0.883. The highest BCUT2D eigenvalue weighted by Gasteiger charge is 2.07. The molecule has 1 N–H and O–H groups in total. The SMILES string of the molecule is CC(C)c1nsc(NCc2ccnn2C)n1. The number of hydrogen-bond acceptors (Lipinski definition) is 5. The lowest BCUT2D eigenvalue weighted by Gasteiger charge is -2.02. The predicted octanol–water partition coefficient (Wildman–Crippen LogP) is 2.01. The zero-order valence-electron chi connectivity index (χ0n) is 9.64. The van der Waals surface area contributed by atoms with E-state index in [1.807, 2.05) is 17.8 Å². The van der Waals surface area contributed by atoms with Crippen LogP contribution in [0.2, 0.25) is 0 Å². The van der Waals surface area contributed by atoms with Crippen molar-refractivity contribution in [3.05, 3.63) is 23.8 Å². The van der Waals surface area contributed by atoms with Gasteiger partial charge < -0.3 is 5.32 Å². The van der Waals surface area contributed by atoms with Gasteiger partial charge in [0.05, 0.1) is 12.2 Å². The first kappa shape index (κ1) is 11.1. The number of anilines is 1. The first-order valence-electron chi connectivity index (χ1n) is 5.21. The van der Waals surface area contributed by atoms with E-state index in [0.29, 0.717) is 5.92 Å². The summed E-state index contributed by atoms with van der Waals surface area (Å²) in [5, 5.41) is 8.22. The first-order valence-corrected chi connectivity index (χ1v) is 5.98. The molecule has 0 aliphatic heterocycles. The Bertz CT molecular complexity index is 459. The van der Waals surface area contributed by atoms with E-state index in [0.717, 1.165) is 23.2 Å². The third-order valence-corrected chi connectivity index (χ3v) is 2.99. The van der Waals surface area contributed by atoms with Crippen molar-refractivity contribution in [3.63, 3.8) is 0 Å². The number of aryl methyl sites for hydroxylation is 1. The van der Waals surface area contributed by atoms with Crippen LogP contribution < -0.4 is 5.32 Å². The highest BCUT2D eigenvalue weighted by molar-refractivity contribution is 7.09. The monoisotopic (exact) mass is 237 g/mol. The summed E-state index contributed by atoms with van der Waals surface area (Å²) in [6.45, 7) is 4.91. The Kier molecular flexibility index (Phi) is 3.19. The zero-order valence-corrected chi connectivity index (χ0v) is 10.5. The summed E-state index contributed by atoms with van der Waals surface area (Å²) in [6.07, 6.45) is 1.79. The van der Waals surface area contributed by atoms with Crippen LogP contribution in [0, 0.1) is 0 Å². The fourth-order valence-electron chi connectivity index (χ4n) is 1.28. The second-order valence-corrected chi connectivity index (χ2v) is 4.66. The molecule has 86 valence electrons. The van der Waals surface area contributed by atoms with Crippen LogP contribution in [0.4, 0.5) is 5.13 Å². The second kappa shape index (κ2) is 4.61. The summed E-state index contributed by atoms with van der Waals surface area (Å²) in [4.78, 5) is 4.41. The molecule has 0 atom stereocenters. The molecule has 0 aromatic carbocycles. The van der Waals surface area contributed by atoms with Gasteiger partial charge in [0.1, 0.15) is 5.82 Å². The van der Waals surface area contributed by atoms with Crippen molar-refractivity contribution in [2.75, 3.05) is 5.32 Å². The molecule has 16 heavy (non-hydrogen) atoms. The van der Waals surface area contributed by atoms with Gasteiger partial charge in [-0.3, -0.25) is 4.68 Å². The minimum atomic E-state index is 0.378. The van der Waals surface area contributed by atoms with Crippen molar-refractivity contribution >= 4 is 16.7 Å². The molecular formula is C10H15N5S. The van der Waals surface area contributed by atoms with E-state index in [-0.39, 0.29) is 0 Å². The Morgan fingerprint density at radius 3 is 2.88 bits per heavy atom. The van der Waals surface area contributed by atoms with E-state index in [4.69, 9.17) is 0 Å². The molecule has 0 saturated heterocycles. The van der Waals surface area contributed by atoms with Gasteiger partial charge in [-0.25, -0.2) is 4.98 Å². The van der Waals surface area contributed by atoms with Gasteiger partial charge in [0.25, 0.3) is 0 Å². The molecule has 0 spiro atoms. The van der Waals surface area contributed by atoms with Gasteiger partial charge in [-0.1, -0.05) is 13.8 Å². The van der Waals surface area contributed by atoms with Crippen LogP contribution >= 0.6 is 11.5 Å². The third kappa shape index (κ3) is 2.38. The Balaban J connectivity index is 1.97. The molecule has 0 bridgehead atoms. The maximum atomic E-state index is 4.41. The lowest BCUT2D eigenvalue weighted by molar-refractivity contribution is 0.720. The van der Waals surface area contributed by atoms with Crippen molar-refractivity contribution in [3.8, 4) is 0 Å². The molecule has 0 amide bonds. The number of nitrogens with zero attached hydrogens (tertiary/aromatic N) is 4. The number of nitrogens with one attached hydrogen (secondary N) is 1. The maximum Gasteiger partial charge on any atom is 0.202 e. The Morgan fingerprint density at radius 2 is 2.31 bits per heavy atom. The van der Waals surface area contributed by atoms with Crippen molar-refractivity contribution in [2.24, 2.45) is 7.05 Å². The number of aromatic nitrogens is 4. The third-order valence-electron chi connectivity index (χ3n) is 2.30. The largest absolute Gasteiger partial charge is 0.355 e. The van der Waals surface area contributed by atoms with E-state index in [1.54, 1.807) is 6.20 Å². The summed E-state index contributed by atoms with van der Waals surface area (Å²) in [5.41, 5.74) is 1.13. The molecule has 0 saturated carbocycles. The Morgan fingerprint density at radius 1 is 1.50 bits per heavy atom. The fraction of sp³-hybridized carbons (Fsp3) is 0.500. The van der Waals surface area contributed by atoms with Gasteiger partial charge in [0.2, 0.25) is 5.13 Å². The topological polar surface area (TPSA) is 55.6 Å². The lowest BCUT2D eigenvalue weighted by atomic mass is 10.2. The van der Waals surface area contributed by atoms with Crippen LogP contribution in [0.15, 0.2) is 12.3 Å².